The maximum absolute atomic E-state index is 6.71. The Morgan fingerprint density at radius 1 is 0.373 bits per heavy atom. The third kappa shape index (κ3) is 5.62. The van der Waals surface area contributed by atoms with Crippen molar-refractivity contribution in [1.82, 2.24) is 0 Å². The number of rotatable bonds is 6. The smallest absolute Gasteiger partial charge is 0.143 e. The van der Waals surface area contributed by atoms with Gasteiger partial charge in [0, 0.05) is 42.3 Å². The molecule has 59 heavy (non-hydrogen) atoms. The second-order valence-corrected chi connectivity index (χ2v) is 16.3. The van der Waals surface area contributed by atoms with Crippen LogP contribution in [0.5, 0.6) is 0 Å². The SMILES string of the molecule is c1cc(-c2cccc3c2sc2ccccc23)cc(N(c2ccc(-c3ccc(-c4ccc5ccccc5c4)cc3)cc2)c2cccc3oc4c5ccccc5ccc4c23)c1. The first-order valence-electron chi connectivity index (χ1n) is 20.1. The first-order chi connectivity index (χ1) is 29.2. The third-order valence-electron chi connectivity index (χ3n) is 11.9. The van der Waals surface area contributed by atoms with E-state index in [1.54, 1.807) is 0 Å². The highest BCUT2D eigenvalue weighted by Gasteiger charge is 2.21. The highest BCUT2D eigenvalue weighted by molar-refractivity contribution is 7.26. The number of hydrogen-bond donors (Lipinski definition) is 0. The van der Waals surface area contributed by atoms with E-state index in [9.17, 15) is 0 Å². The van der Waals surface area contributed by atoms with Crippen LogP contribution in [0.25, 0.3) is 97.0 Å². The van der Waals surface area contributed by atoms with Crippen molar-refractivity contribution in [3.05, 3.63) is 212 Å². The van der Waals surface area contributed by atoms with Gasteiger partial charge in [-0.3, -0.25) is 0 Å². The topological polar surface area (TPSA) is 16.4 Å². The van der Waals surface area contributed by atoms with E-state index in [1.165, 1.54) is 69.7 Å². The monoisotopic (exact) mass is 769 g/mol. The van der Waals surface area contributed by atoms with Crippen molar-refractivity contribution in [2.45, 2.75) is 0 Å². The maximum Gasteiger partial charge on any atom is 0.143 e. The number of thiophene rings is 1. The number of nitrogens with zero attached hydrogens (tertiary/aromatic N) is 1. The summed E-state index contributed by atoms with van der Waals surface area (Å²) in [5.41, 5.74) is 12.2. The first kappa shape index (κ1) is 33.7. The molecule has 0 aliphatic heterocycles. The summed E-state index contributed by atoms with van der Waals surface area (Å²) in [5, 5.41) is 9.61. The van der Waals surface area contributed by atoms with Gasteiger partial charge in [-0.15, -0.1) is 11.3 Å². The molecule has 0 aliphatic rings. The van der Waals surface area contributed by atoms with Crippen LogP contribution in [0.2, 0.25) is 0 Å². The lowest BCUT2D eigenvalue weighted by atomic mass is 9.98. The second-order valence-electron chi connectivity index (χ2n) is 15.3. The first-order valence-corrected chi connectivity index (χ1v) is 20.9. The van der Waals surface area contributed by atoms with Gasteiger partial charge in [0.05, 0.1) is 11.1 Å². The largest absolute Gasteiger partial charge is 0.455 e. The normalized spacial score (nSPS) is 11.7. The third-order valence-corrected chi connectivity index (χ3v) is 13.1. The molecule has 276 valence electrons. The van der Waals surface area contributed by atoms with E-state index in [2.05, 4.69) is 217 Å². The number of fused-ring (bicyclic) bond motifs is 9. The summed E-state index contributed by atoms with van der Waals surface area (Å²) < 4.78 is 9.33. The van der Waals surface area contributed by atoms with Gasteiger partial charge in [0.15, 0.2) is 0 Å². The molecule has 0 bridgehead atoms. The van der Waals surface area contributed by atoms with E-state index >= 15 is 0 Å². The zero-order chi connectivity index (χ0) is 38.9. The molecule has 0 radical (unpaired) electrons. The van der Waals surface area contributed by atoms with Crippen LogP contribution in [0.3, 0.4) is 0 Å². The molecule has 0 atom stereocenters. The summed E-state index contributed by atoms with van der Waals surface area (Å²) in [6.45, 7) is 0. The molecule has 0 saturated carbocycles. The molecule has 12 rings (SSSR count). The lowest BCUT2D eigenvalue weighted by Crippen LogP contribution is -2.10. The summed E-state index contributed by atoms with van der Waals surface area (Å²) >= 11 is 1.87. The maximum atomic E-state index is 6.71. The summed E-state index contributed by atoms with van der Waals surface area (Å²) in [7, 11) is 0. The van der Waals surface area contributed by atoms with Gasteiger partial charge in [-0.25, -0.2) is 0 Å². The van der Waals surface area contributed by atoms with Crippen molar-refractivity contribution in [2.75, 3.05) is 4.90 Å². The molecule has 12 aromatic rings. The van der Waals surface area contributed by atoms with Crippen LogP contribution in [0.4, 0.5) is 17.1 Å². The van der Waals surface area contributed by atoms with Gasteiger partial charge >= 0.3 is 0 Å². The summed E-state index contributed by atoms with van der Waals surface area (Å²) in [6, 6.07) is 76.9. The minimum atomic E-state index is 0.869. The fourth-order valence-electron chi connectivity index (χ4n) is 8.96. The zero-order valence-electron chi connectivity index (χ0n) is 32.0. The fourth-order valence-corrected chi connectivity index (χ4v) is 10.2. The van der Waals surface area contributed by atoms with Crippen LogP contribution >= 0.6 is 11.3 Å². The average Bonchev–Trinajstić information content (AvgIpc) is 3.89. The minimum absolute atomic E-state index is 0.869. The van der Waals surface area contributed by atoms with Gasteiger partial charge in [0.1, 0.15) is 11.2 Å². The Morgan fingerprint density at radius 3 is 1.86 bits per heavy atom. The van der Waals surface area contributed by atoms with Crippen molar-refractivity contribution in [1.29, 1.82) is 0 Å². The van der Waals surface area contributed by atoms with Gasteiger partial charge in [0.2, 0.25) is 0 Å². The number of anilines is 3. The van der Waals surface area contributed by atoms with Gasteiger partial charge in [-0.1, -0.05) is 158 Å². The van der Waals surface area contributed by atoms with Gasteiger partial charge in [-0.05, 0) is 104 Å². The summed E-state index contributed by atoms with van der Waals surface area (Å²) in [4.78, 5) is 2.40. The Bertz CT molecular complexity index is 3560. The lowest BCUT2D eigenvalue weighted by molar-refractivity contribution is 0.672. The predicted octanol–water partition coefficient (Wildman–Crippen LogP) is 16.7. The van der Waals surface area contributed by atoms with Crippen LogP contribution in [0.15, 0.2) is 217 Å². The lowest BCUT2D eigenvalue weighted by Gasteiger charge is -2.27. The van der Waals surface area contributed by atoms with E-state index in [-0.39, 0.29) is 0 Å². The molecule has 2 nitrogen and oxygen atoms in total. The quantitative estimate of drug-likeness (QED) is 0.167. The Morgan fingerprint density at radius 2 is 1.02 bits per heavy atom. The second kappa shape index (κ2) is 13.6. The van der Waals surface area contributed by atoms with Crippen LogP contribution in [-0.2, 0) is 0 Å². The molecule has 0 spiro atoms. The van der Waals surface area contributed by atoms with E-state index in [1.807, 2.05) is 11.3 Å². The van der Waals surface area contributed by atoms with Crippen LogP contribution in [0, 0.1) is 0 Å². The van der Waals surface area contributed by atoms with Crippen molar-refractivity contribution in [3.63, 3.8) is 0 Å². The molecule has 2 aromatic heterocycles. The van der Waals surface area contributed by atoms with Crippen LogP contribution < -0.4 is 4.90 Å². The predicted molar refractivity (Wildman–Crippen MR) is 253 cm³/mol. The number of benzene rings is 10. The molecule has 0 fully saturated rings. The molecule has 0 amide bonds. The Labute approximate surface area is 345 Å². The highest BCUT2D eigenvalue weighted by atomic mass is 32.1. The van der Waals surface area contributed by atoms with Gasteiger partial charge < -0.3 is 9.32 Å². The summed E-state index contributed by atoms with van der Waals surface area (Å²) in [6.07, 6.45) is 0. The molecule has 2 heterocycles. The van der Waals surface area contributed by atoms with Crippen molar-refractivity contribution in [3.8, 4) is 33.4 Å². The molecule has 0 N–H and O–H groups in total. The van der Waals surface area contributed by atoms with E-state index < -0.39 is 0 Å². The van der Waals surface area contributed by atoms with Crippen LogP contribution in [-0.4, -0.2) is 0 Å². The van der Waals surface area contributed by atoms with Crippen LogP contribution in [0.1, 0.15) is 0 Å². The van der Waals surface area contributed by atoms with E-state index in [4.69, 9.17) is 4.42 Å². The standard InChI is InChI=1S/C56H35NOS/c1-2-12-41-34-42(27-26-36(41)10-1)39-24-22-37(23-25-39)38-28-31-44(32-29-38)57(51-19-9-20-52-54(51)50-33-30-40-11-3-4-15-46(40)55(50)58-52)45-14-7-13-43(35-45)47-17-8-18-49-48-16-5-6-21-53(48)59-56(47)49/h1-35H. The Balaban J connectivity index is 0.993. The fraction of sp³-hybridized carbons (Fsp3) is 0. The Hall–Kier alpha value is -7.46. The molecule has 0 saturated heterocycles. The van der Waals surface area contributed by atoms with E-state index in [0.717, 1.165) is 44.4 Å². The van der Waals surface area contributed by atoms with Crippen molar-refractivity contribution in [2.24, 2.45) is 0 Å². The molecular weight excluding hydrogens is 735 g/mol. The minimum Gasteiger partial charge on any atom is -0.455 e. The average molecular weight is 770 g/mol. The van der Waals surface area contributed by atoms with Gasteiger partial charge in [-0.2, -0.15) is 0 Å². The molecule has 3 heteroatoms. The molecule has 0 unspecified atom stereocenters. The molecule has 10 aromatic carbocycles. The van der Waals surface area contributed by atoms with Crippen molar-refractivity contribution < 1.29 is 4.42 Å². The Kier molecular flexibility index (Phi) is 7.75. The molecular formula is C56H35NOS. The number of hydrogen-bond acceptors (Lipinski definition) is 3. The summed E-state index contributed by atoms with van der Waals surface area (Å²) in [5.74, 6) is 0. The van der Waals surface area contributed by atoms with Crippen molar-refractivity contribution >= 4 is 92.1 Å². The zero-order valence-corrected chi connectivity index (χ0v) is 32.8. The van der Waals surface area contributed by atoms with Gasteiger partial charge in [0.25, 0.3) is 0 Å². The van der Waals surface area contributed by atoms with E-state index in [0.29, 0.717) is 0 Å². The highest BCUT2D eigenvalue weighted by Crippen LogP contribution is 2.46. The number of furan rings is 1. The molecule has 0 aliphatic carbocycles.